The fourth-order valence-electron chi connectivity index (χ4n) is 2.15. The van der Waals surface area contributed by atoms with E-state index in [-0.39, 0.29) is 18.2 Å². The van der Waals surface area contributed by atoms with Gasteiger partial charge in [-0.15, -0.1) is 0 Å². The molecule has 2 aromatic rings. The van der Waals surface area contributed by atoms with E-state index in [4.69, 9.17) is 4.74 Å². The first-order valence-corrected chi connectivity index (χ1v) is 7.41. The largest absolute Gasteiger partial charge is 0.466 e. The normalized spacial score (nSPS) is 10.5. The minimum atomic E-state index is -0.245. The van der Waals surface area contributed by atoms with Crippen LogP contribution in [0.4, 0.5) is 4.39 Å². The monoisotopic (exact) mass is 301 g/mol. The maximum absolute atomic E-state index is 14.1. The molecule has 0 unspecified atom stereocenters. The van der Waals surface area contributed by atoms with Crippen LogP contribution in [0.2, 0.25) is 0 Å². The van der Waals surface area contributed by atoms with E-state index in [9.17, 15) is 9.18 Å². The van der Waals surface area contributed by atoms with Crippen LogP contribution in [0.25, 0.3) is 11.1 Å². The molecule has 2 aromatic carbocycles. The second-order valence-electron chi connectivity index (χ2n) is 4.90. The molecule has 0 saturated carbocycles. The summed E-state index contributed by atoms with van der Waals surface area (Å²) in [5.74, 6) is -0.486. The molecule has 116 valence electrons. The van der Waals surface area contributed by atoms with E-state index in [1.54, 1.807) is 13.0 Å². The van der Waals surface area contributed by atoms with Crippen LogP contribution in [0.3, 0.4) is 0 Å². The predicted molar refractivity (Wildman–Crippen MR) is 84.8 cm³/mol. The van der Waals surface area contributed by atoms with Crippen LogP contribution >= 0.6 is 0 Å². The van der Waals surface area contributed by atoms with Crippen molar-refractivity contribution in [3.63, 3.8) is 0 Å². The Hall–Kier alpha value is -2.20. The highest BCUT2D eigenvalue weighted by molar-refractivity contribution is 5.69. The third kappa shape index (κ3) is 4.67. The summed E-state index contributed by atoms with van der Waals surface area (Å²) in [6.07, 6.45) is 0.289. The second-order valence-corrected chi connectivity index (χ2v) is 4.90. The van der Waals surface area contributed by atoms with Crippen LogP contribution < -0.4 is 5.32 Å². The van der Waals surface area contributed by atoms with Crippen molar-refractivity contribution in [3.05, 3.63) is 59.9 Å². The number of rotatable bonds is 7. The van der Waals surface area contributed by atoms with Gasteiger partial charge in [-0.3, -0.25) is 4.79 Å². The summed E-state index contributed by atoms with van der Waals surface area (Å²) in [4.78, 5) is 11.2. The zero-order valence-electron chi connectivity index (χ0n) is 12.6. The summed E-state index contributed by atoms with van der Waals surface area (Å²) in [5.41, 5.74) is 2.43. The Morgan fingerprint density at radius 3 is 2.59 bits per heavy atom. The van der Waals surface area contributed by atoms with Crippen LogP contribution in [0.5, 0.6) is 0 Å². The Morgan fingerprint density at radius 2 is 1.91 bits per heavy atom. The van der Waals surface area contributed by atoms with Crippen molar-refractivity contribution in [3.8, 4) is 11.1 Å². The molecule has 0 heterocycles. The van der Waals surface area contributed by atoms with Crippen molar-refractivity contribution in [1.29, 1.82) is 0 Å². The topological polar surface area (TPSA) is 38.3 Å². The van der Waals surface area contributed by atoms with E-state index >= 15 is 0 Å². The Morgan fingerprint density at radius 1 is 1.14 bits per heavy atom. The zero-order chi connectivity index (χ0) is 15.8. The maximum atomic E-state index is 14.1. The number of carbonyl (C=O) groups excluding carboxylic acids is 1. The average Bonchev–Trinajstić information content (AvgIpc) is 2.54. The lowest BCUT2D eigenvalue weighted by Crippen LogP contribution is -2.19. The van der Waals surface area contributed by atoms with Gasteiger partial charge < -0.3 is 10.1 Å². The lowest BCUT2D eigenvalue weighted by atomic mass is 10.0. The highest BCUT2D eigenvalue weighted by Crippen LogP contribution is 2.21. The zero-order valence-corrected chi connectivity index (χ0v) is 12.6. The molecule has 0 aromatic heterocycles. The summed E-state index contributed by atoms with van der Waals surface area (Å²) < 4.78 is 18.9. The third-order valence-electron chi connectivity index (χ3n) is 3.29. The van der Waals surface area contributed by atoms with Gasteiger partial charge in [0.2, 0.25) is 0 Å². The van der Waals surface area contributed by atoms with Crippen molar-refractivity contribution in [1.82, 2.24) is 5.32 Å². The molecular weight excluding hydrogens is 281 g/mol. The van der Waals surface area contributed by atoms with Gasteiger partial charge in [-0.05, 0) is 24.1 Å². The molecule has 0 amide bonds. The number of hydrogen-bond acceptors (Lipinski definition) is 3. The second kappa shape index (κ2) is 8.29. The number of halogens is 1. The van der Waals surface area contributed by atoms with Crippen molar-refractivity contribution in [2.45, 2.75) is 19.9 Å². The lowest BCUT2D eigenvalue weighted by Gasteiger charge is -2.08. The first-order chi connectivity index (χ1) is 10.7. The molecule has 0 radical (unpaired) electrons. The SMILES string of the molecule is CCOC(=O)CCNCc1ccc(-c2ccccc2)cc1F. The summed E-state index contributed by atoms with van der Waals surface area (Å²) in [6.45, 7) is 3.02. The minimum absolute atomic E-state index is 0.241. The molecule has 0 saturated heterocycles. The van der Waals surface area contributed by atoms with Crippen LogP contribution in [-0.4, -0.2) is 19.1 Å². The number of nitrogens with one attached hydrogen (secondary N) is 1. The molecule has 3 nitrogen and oxygen atoms in total. The van der Waals surface area contributed by atoms with Gasteiger partial charge in [-0.25, -0.2) is 4.39 Å². The quantitative estimate of drug-likeness (QED) is 0.628. The lowest BCUT2D eigenvalue weighted by molar-refractivity contribution is -0.142. The molecular formula is C18H20FNO2. The molecule has 0 spiro atoms. The number of esters is 1. The Bertz CT molecular complexity index is 614. The smallest absolute Gasteiger partial charge is 0.307 e. The molecule has 0 aliphatic rings. The molecule has 1 N–H and O–H groups in total. The number of hydrogen-bond donors (Lipinski definition) is 1. The Kier molecular flexibility index (Phi) is 6.10. The summed E-state index contributed by atoms with van der Waals surface area (Å²) in [5, 5.41) is 3.05. The van der Waals surface area contributed by atoms with Crippen molar-refractivity contribution >= 4 is 5.97 Å². The van der Waals surface area contributed by atoms with E-state index in [1.807, 2.05) is 36.4 Å². The number of benzene rings is 2. The van der Waals surface area contributed by atoms with E-state index in [2.05, 4.69) is 5.32 Å². The minimum Gasteiger partial charge on any atom is -0.466 e. The van der Waals surface area contributed by atoms with Crippen molar-refractivity contribution < 1.29 is 13.9 Å². The first kappa shape index (κ1) is 16.2. The third-order valence-corrected chi connectivity index (χ3v) is 3.29. The predicted octanol–water partition coefficient (Wildman–Crippen LogP) is 3.54. The Labute approximate surface area is 130 Å². The average molecular weight is 301 g/mol. The summed E-state index contributed by atoms with van der Waals surface area (Å²) in [6, 6.07) is 14.9. The molecule has 0 aliphatic heterocycles. The summed E-state index contributed by atoms with van der Waals surface area (Å²) in [7, 11) is 0. The molecule has 22 heavy (non-hydrogen) atoms. The molecule has 2 rings (SSSR count). The van der Waals surface area contributed by atoms with E-state index in [0.29, 0.717) is 25.3 Å². The molecule has 4 heteroatoms. The molecule has 0 aliphatic carbocycles. The van der Waals surface area contributed by atoms with Gasteiger partial charge in [-0.2, -0.15) is 0 Å². The highest BCUT2D eigenvalue weighted by atomic mass is 19.1. The first-order valence-electron chi connectivity index (χ1n) is 7.41. The van der Waals surface area contributed by atoms with Crippen molar-refractivity contribution in [2.75, 3.05) is 13.2 Å². The number of ether oxygens (including phenoxy) is 1. The van der Waals surface area contributed by atoms with Crippen LogP contribution in [0, 0.1) is 5.82 Å². The van der Waals surface area contributed by atoms with E-state index in [0.717, 1.165) is 11.1 Å². The molecule has 0 bridgehead atoms. The van der Waals surface area contributed by atoms with Gasteiger partial charge in [-0.1, -0.05) is 42.5 Å². The fourth-order valence-corrected chi connectivity index (χ4v) is 2.15. The van der Waals surface area contributed by atoms with Gasteiger partial charge in [0.05, 0.1) is 13.0 Å². The standard InChI is InChI=1S/C18H20FNO2/c1-2-22-18(21)10-11-20-13-16-9-8-15(12-17(16)19)14-6-4-3-5-7-14/h3-9,12,20H,2,10-11,13H2,1H3. The highest BCUT2D eigenvalue weighted by Gasteiger charge is 2.06. The van der Waals surface area contributed by atoms with Crippen LogP contribution in [0.15, 0.2) is 48.5 Å². The van der Waals surface area contributed by atoms with Gasteiger partial charge in [0.1, 0.15) is 5.82 Å². The summed E-state index contributed by atoms with van der Waals surface area (Å²) >= 11 is 0. The number of carbonyl (C=O) groups is 1. The maximum Gasteiger partial charge on any atom is 0.307 e. The van der Waals surface area contributed by atoms with Crippen LogP contribution in [-0.2, 0) is 16.1 Å². The van der Waals surface area contributed by atoms with E-state index < -0.39 is 0 Å². The van der Waals surface area contributed by atoms with Crippen LogP contribution in [0.1, 0.15) is 18.9 Å². The van der Waals surface area contributed by atoms with Gasteiger partial charge in [0.15, 0.2) is 0 Å². The van der Waals surface area contributed by atoms with Crippen molar-refractivity contribution in [2.24, 2.45) is 0 Å². The van der Waals surface area contributed by atoms with Gasteiger partial charge in [0, 0.05) is 18.7 Å². The fraction of sp³-hybridized carbons (Fsp3) is 0.278. The molecule has 0 fully saturated rings. The van der Waals surface area contributed by atoms with E-state index in [1.165, 1.54) is 6.07 Å². The van der Waals surface area contributed by atoms with Gasteiger partial charge in [0.25, 0.3) is 0 Å². The molecule has 0 atom stereocenters. The van der Waals surface area contributed by atoms with Gasteiger partial charge >= 0.3 is 5.97 Å². The Balaban J connectivity index is 1.89.